The zero-order valence-corrected chi connectivity index (χ0v) is 18.1. The molecule has 9 heteroatoms. The molecule has 0 bridgehead atoms. The molecule has 5 rings (SSSR count). The Kier molecular flexibility index (Phi) is 5.56. The van der Waals surface area contributed by atoms with Crippen molar-refractivity contribution in [2.45, 2.75) is 45.4 Å². The molecule has 0 spiro atoms. The van der Waals surface area contributed by atoms with E-state index in [2.05, 4.69) is 33.5 Å². The molecule has 2 aliphatic rings. The number of pyridine rings is 1. The first-order valence-electron chi connectivity index (χ1n) is 11.0. The molecule has 4 heterocycles. The molecule has 2 aliphatic heterocycles. The Morgan fingerprint density at radius 2 is 2.06 bits per heavy atom. The van der Waals surface area contributed by atoms with Crippen LogP contribution in [0.15, 0.2) is 23.0 Å². The van der Waals surface area contributed by atoms with Crippen molar-refractivity contribution in [2.75, 3.05) is 32.9 Å². The van der Waals surface area contributed by atoms with Gasteiger partial charge in [0, 0.05) is 17.5 Å². The van der Waals surface area contributed by atoms with Crippen LogP contribution in [0.2, 0.25) is 0 Å². The molecule has 1 aromatic carbocycles. The quantitative estimate of drug-likeness (QED) is 0.611. The lowest BCUT2D eigenvalue weighted by Crippen LogP contribution is -3.14. The first kappa shape index (κ1) is 20.3. The second-order valence-corrected chi connectivity index (χ2v) is 8.65. The topological polar surface area (TPSA) is 99.4 Å². The van der Waals surface area contributed by atoms with Crippen molar-refractivity contribution in [2.24, 2.45) is 0 Å². The summed E-state index contributed by atoms with van der Waals surface area (Å²) in [5.74, 6) is 0.710. The van der Waals surface area contributed by atoms with Gasteiger partial charge in [-0.2, -0.15) is 0 Å². The van der Waals surface area contributed by atoms with Crippen LogP contribution >= 0.6 is 0 Å². The van der Waals surface area contributed by atoms with E-state index in [1.54, 1.807) is 0 Å². The van der Waals surface area contributed by atoms with Crippen LogP contribution in [-0.2, 0) is 16.0 Å². The molecule has 2 N–H and O–H groups in total. The van der Waals surface area contributed by atoms with Gasteiger partial charge >= 0.3 is 0 Å². The summed E-state index contributed by atoms with van der Waals surface area (Å²) < 4.78 is 13.2. The van der Waals surface area contributed by atoms with E-state index in [4.69, 9.17) is 9.47 Å². The highest BCUT2D eigenvalue weighted by Crippen LogP contribution is 2.23. The number of aromatic nitrogens is 5. The minimum absolute atomic E-state index is 0.0897. The lowest BCUT2D eigenvalue weighted by Gasteiger charge is -2.30. The monoisotopic (exact) mass is 425 g/mol. The molecule has 0 amide bonds. The van der Waals surface area contributed by atoms with Gasteiger partial charge < -0.3 is 19.4 Å². The van der Waals surface area contributed by atoms with E-state index in [1.165, 1.54) is 4.90 Å². The lowest BCUT2D eigenvalue weighted by atomic mass is 9.99. The molecule has 0 saturated carbocycles. The van der Waals surface area contributed by atoms with E-state index in [1.807, 2.05) is 23.7 Å². The van der Waals surface area contributed by atoms with Crippen LogP contribution < -0.4 is 10.5 Å². The van der Waals surface area contributed by atoms with Gasteiger partial charge in [-0.15, -0.1) is 5.10 Å². The van der Waals surface area contributed by atoms with Crippen LogP contribution in [0.5, 0.6) is 0 Å². The number of fused-ring (bicyclic) bond motifs is 1. The Labute approximate surface area is 180 Å². The molecule has 9 nitrogen and oxygen atoms in total. The smallest absolute Gasteiger partial charge is 0.258 e. The predicted molar refractivity (Wildman–Crippen MR) is 114 cm³/mol. The Bertz CT molecular complexity index is 1130. The number of quaternary nitrogens is 1. The Hall–Kier alpha value is -2.62. The highest BCUT2D eigenvalue weighted by atomic mass is 16.5. The average molecular weight is 426 g/mol. The van der Waals surface area contributed by atoms with E-state index in [-0.39, 0.29) is 17.7 Å². The number of rotatable bonds is 5. The van der Waals surface area contributed by atoms with Crippen LogP contribution in [0.3, 0.4) is 0 Å². The molecule has 0 aliphatic carbocycles. The number of aromatic amines is 1. The maximum Gasteiger partial charge on any atom is 0.258 e. The average Bonchev–Trinajstić information content (AvgIpc) is 3.43. The van der Waals surface area contributed by atoms with Crippen molar-refractivity contribution in [3.8, 4) is 0 Å². The van der Waals surface area contributed by atoms with Gasteiger partial charge in [0.05, 0.1) is 31.4 Å². The van der Waals surface area contributed by atoms with Crippen LogP contribution in [0.4, 0.5) is 0 Å². The van der Waals surface area contributed by atoms with E-state index in [0.717, 1.165) is 54.6 Å². The predicted octanol–water partition coefficient (Wildman–Crippen LogP) is 0.315. The maximum atomic E-state index is 13.3. The molecule has 0 radical (unpaired) electrons. The summed E-state index contributed by atoms with van der Waals surface area (Å²) in [6, 6.07) is 5.92. The second-order valence-electron chi connectivity index (χ2n) is 8.65. The molecule has 0 unspecified atom stereocenters. The summed E-state index contributed by atoms with van der Waals surface area (Å²) >= 11 is 0. The number of hydrogen-bond donors (Lipinski definition) is 2. The largest absolute Gasteiger partial charge is 0.376 e. The molecule has 2 fully saturated rings. The first-order valence-corrected chi connectivity index (χ1v) is 11.0. The van der Waals surface area contributed by atoms with Crippen molar-refractivity contribution in [3.05, 3.63) is 51.1 Å². The van der Waals surface area contributed by atoms with E-state index in [9.17, 15) is 4.79 Å². The Balaban J connectivity index is 1.62. The van der Waals surface area contributed by atoms with Crippen molar-refractivity contribution in [3.63, 3.8) is 0 Å². The van der Waals surface area contributed by atoms with E-state index < -0.39 is 0 Å². The minimum Gasteiger partial charge on any atom is -0.376 e. The third-order valence-corrected chi connectivity index (χ3v) is 6.41. The zero-order valence-electron chi connectivity index (χ0n) is 18.1. The zero-order chi connectivity index (χ0) is 21.4. The number of aryl methyl sites for hydroxylation is 2. The third kappa shape index (κ3) is 4.00. The van der Waals surface area contributed by atoms with E-state index >= 15 is 0 Å². The van der Waals surface area contributed by atoms with Crippen molar-refractivity contribution < 1.29 is 14.4 Å². The lowest BCUT2D eigenvalue weighted by molar-refractivity contribution is -0.933. The number of nitrogens with zero attached hydrogens (tertiary/aromatic N) is 4. The third-order valence-electron chi connectivity index (χ3n) is 6.41. The number of morpholine rings is 1. The van der Waals surface area contributed by atoms with Gasteiger partial charge in [0.1, 0.15) is 13.1 Å². The summed E-state index contributed by atoms with van der Waals surface area (Å²) in [7, 11) is 0. The molecule has 2 saturated heterocycles. The SMILES string of the molecule is Cc1cc(C)c2cc([C@H](c3nnnn3C[C@H]3CCCO3)[NH+]3CCOCC3)c(=O)[nH]c2c1. The summed E-state index contributed by atoms with van der Waals surface area (Å²) in [6.45, 7) is 8.40. The number of ether oxygens (including phenoxy) is 2. The van der Waals surface area contributed by atoms with Crippen LogP contribution in [-0.4, -0.2) is 64.2 Å². The summed E-state index contributed by atoms with van der Waals surface area (Å²) in [4.78, 5) is 17.6. The fourth-order valence-electron chi connectivity index (χ4n) is 4.90. The van der Waals surface area contributed by atoms with Gasteiger partial charge in [0.15, 0.2) is 6.04 Å². The summed E-state index contributed by atoms with van der Waals surface area (Å²) in [5.41, 5.74) is 3.74. The van der Waals surface area contributed by atoms with Crippen LogP contribution in [0, 0.1) is 13.8 Å². The van der Waals surface area contributed by atoms with Gasteiger partial charge in [-0.3, -0.25) is 4.79 Å². The number of nitrogens with one attached hydrogen (secondary N) is 2. The number of benzene rings is 1. The molecular weight excluding hydrogens is 396 g/mol. The number of tetrazole rings is 1. The standard InChI is InChI=1S/C22H28N6O3/c1-14-10-15(2)17-12-18(22(29)23-19(17)11-14)20(27-5-8-30-9-6-27)21-24-25-26-28(21)13-16-4-3-7-31-16/h10-12,16,20H,3-9,13H2,1-2H3,(H,23,29)/p+1/t16-,20-/m1/s1. The van der Waals surface area contributed by atoms with Gasteiger partial charge in [-0.25, -0.2) is 4.68 Å². The molecule has 3 aromatic rings. The van der Waals surface area contributed by atoms with Gasteiger partial charge in [0.25, 0.3) is 5.56 Å². The van der Waals surface area contributed by atoms with Gasteiger partial charge in [0.2, 0.25) is 5.82 Å². The first-order chi connectivity index (χ1) is 15.1. The fraction of sp³-hybridized carbons (Fsp3) is 0.545. The second kappa shape index (κ2) is 8.49. The highest BCUT2D eigenvalue weighted by Gasteiger charge is 2.36. The summed E-state index contributed by atoms with van der Waals surface area (Å²) in [6.07, 6.45) is 2.18. The molecule has 2 atom stereocenters. The van der Waals surface area contributed by atoms with Crippen LogP contribution in [0.1, 0.15) is 41.4 Å². The maximum absolute atomic E-state index is 13.3. The normalized spacial score (nSPS) is 21.0. The minimum atomic E-state index is -0.269. The highest BCUT2D eigenvalue weighted by molar-refractivity contribution is 5.83. The molecule has 31 heavy (non-hydrogen) atoms. The number of hydrogen-bond acceptors (Lipinski definition) is 6. The number of H-pyrrole nitrogens is 1. The molecule has 2 aromatic heterocycles. The molecular formula is C22H29N6O3+. The van der Waals surface area contributed by atoms with Crippen molar-refractivity contribution >= 4 is 10.9 Å². The van der Waals surface area contributed by atoms with E-state index in [0.29, 0.717) is 31.1 Å². The van der Waals surface area contributed by atoms with Crippen molar-refractivity contribution in [1.29, 1.82) is 0 Å². The fourth-order valence-corrected chi connectivity index (χ4v) is 4.90. The van der Waals surface area contributed by atoms with Gasteiger partial charge in [-0.1, -0.05) is 6.07 Å². The Morgan fingerprint density at radius 1 is 1.23 bits per heavy atom. The van der Waals surface area contributed by atoms with Crippen molar-refractivity contribution in [1.82, 2.24) is 25.2 Å². The Morgan fingerprint density at radius 3 is 2.84 bits per heavy atom. The van der Waals surface area contributed by atoms with Gasteiger partial charge in [-0.05, 0) is 60.4 Å². The molecule has 164 valence electrons. The van der Waals surface area contributed by atoms with Crippen LogP contribution in [0.25, 0.3) is 10.9 Å². The summed E-state index contributed by atoms with van der Waals surface area (Å²) in [5, 5.41) is 13.7.